The molecule has 0 aliphatic rings. The fourth-order valence-corrected chi connectivity index (χ4v) is 3.72. The second-order valence-corrected chi connectivity index (χ2v) is 6.56. The molecule has 7 nitrogen and oxygen atoms in total. The number of nitrogens with one attached hydrogen (secondary N) is 2. The highest BCUT2D eigenvalue weighted by Crippen LogP contribution is 2.24. The molecule has 21 heavy (non-hydrogen) atoms. The normalized spacial score (nSPS) is 11.6. The van der Waals surface area contributed by atoms with Gasteiger partial charge in [-0.2, -0.15) is 5.10 Å². The summed E-state index contributed by atoms with van der Waals surface area (Å²) in [6.45, 7) is 3.67. The van der Waals surface area contributed by atoms with Gasteiger partial charge in [0.1, 0.15) is 0 Å². The molecule has 0 unspecified atom stereocenters. The number of benzene rings is 1. The predicted octanol–water partition coefficient (Wildman–Crippen LogP) is 0.801. The summed E-state index contributed by atoms with van der Waals surface area (Å²) >= 11 is 0. The van der Waals surface area contributed by atoms with Gasteiger partial charge in [0.25, 0.3) is 0 Å². The minimum absolute atomic E-state index is 0.189. The lowest BCUT2D eigenvalue weighted by Crippen LogP contribution is -2.26. The van der Waals surface area contributed by atoms with Crippen LogP contribution >= 0.6 is 0 Å². The van der Waals surface area contributed by atoms with Gasteiger partial charge in [0.15, 0.2) is 0 Å². The standard InChI is InChI=1S/C13H19N5O2S/c1-9-6-11(17-14)7-10(2)13(9)21(19,20)16-8-12-4-5-15-18(12)3/h4-7,16-17H,8,14H2,1-3H3. The van der Waals surface area contributed by atoms with Gasteiger partial charge in [0.2, 0.25) is 10.0 Å². The number of nitrogens with zero attached hydrogens (tertiary/aromatic N) is 2. The number of anilines is 1. The highest BCUT2D eigenvalue weighted by Gasteiger charge is 2.20. The fourth-order valence-electron chi connectivity index (χ4n) is 2.27. The van der Waals surface area contributed by atoms with Crippen LogP contribution in [0.5, 0.6) is 0 Å². The quantitative estimate of drug-likeness (QED) is 0.560. The Labute approximate surface area is 124 Å². The summed E-state index contributed by atoms with van der Waals surface area (Å²) < 4.78 is 29.2. The van der Waals surface area contributed by atoms with Crippen LogP contribution in [0.4, 0.5) is 5.69 Å². The van der Waals surface area contributed by atoms with E-state index in [1.165, 1.54) is 0 Å². The molecule has 0 radical (unpaired) electrons. The molecule has 114 valence electrons. The topological polar surface area (TPSA) is 102 Å². The minimum Gasteiger partial charge on any atom is -0.324 e. The molecule has 0 saturated carbocycles. The zero-order valence-electron chi connectivity index (χ0n) is 12.2. The SMILES string of the molecule is Cc1cc(NN)cc(C)c1S(=O)(=O)NCc1ccnn1C. The number of nitrogens with two attached hydrogens (primary N) is 1. The van der Waals surface area contributed by atoms with E-state index in [4.69, 9.17) is 5.84 Å². The van der Waals surface area contributed by atoms with E-state index in [-0.39, 0.29) is 11.4 Å². The summed E-state index contributed by atoms with van der Waals surface area (Å²) in [6.07, 6.45) is 1.63. The fraction of sp³-hybridized carbons (Fsp3) is 0.308. The molecule has 0 amide bonds. The summed E-state index contributed by atoms with van der Waals surface area (Å²) in [5, 5.41) is 4.01. The number of hydrazine groups is 1. The molecule has 4 N–H and O–H groups in total. The summed E-state index contributed by atoms with van der Waals surface area (Å²) in [4.78, 5) is 0.281. The van der Waals surface area contributed by atoms with Gasteiger partial charge in [-0.1, -0.05) is 0 Å². The molecule has 0 aliphatic heterocycles. The van der Waals surface area contributed by atoms with Gasteiger partial charge in [-0.25, -0.2) is 13.1 Å². The van der Waals surface area contributed by atoms with Crippen LogP contribution in [-0.2, 0) is 23.6 Å². The largest absolute Gasteiger partial charge is 0.324 e. The Morgan fingerprint density at radius 1 is 1.29 bits per heavy atom. The van der Waals surface area contributed by atoms with Gasteiger partial charge in [0.05, 0.1) is 17.1 Å². The average Bonchev–Trinajstić information content (AvgIpc) is 2.80. The maximum atomic E-state index is 12.5. The first-order valence-corrected chi connectivity index (χ1v) is 7.88. The molecule has 8 heteroatoms. The third-order valence-corrected chi connectivity index (χ3v) is 4.97. The highest BCUT2D eigenvalue weighted by atomic mass is 32.2. The molecule has 2 aromatic rings. The van der Waals surface area contributed by atoms with Crippen molar-refractivity contribution in [3.05, 3.63) is 41.2 Å². The number of sulfonamides is 1. The lowest BCUT2D eigenvalue weighted by molar-refractivity contribution is 0.576. The van der Waals surface area contributed by atoms with Crippen LogP contribution in [0.25, 0.3) is 0 Å². The van der Waals surface area contributed by atoms with E-state index >= 15 is 0 Å². The van der Waals surface area contributed by atoms with Crippen LogP contribution in [0.15, 0.2) is 29.3 Å². The third kappa shape index (κ3) is 3.23. The number of aromatic nitrogens is 2. The number of aryl methyl sites for hydroxylation is 3. The van der Waals surface area contributed by atoms with Gasteiger partial charge in [-0.05, 0) is 43.2 Å². The van der Waals surface area contributed by atoms with Crippen LogP contribution in [0.3, 0.4) is 0 Å². The van der Waals surface area contributed by atoms with E-state index in [1.807, 2.05) is 0 Å². The molecule has 0 atom stereocenters. The van der Waals surface area contributed by atoms with Crippen molar-refractivity contribution in [3.63, 3.8) is 0 Å². The van der Waals surface area contributed by atoms with E-state index in [0.717, 1.165) is 5.69 Å². The van der Waals surface area contributed by atoms with Gasteiger partial charge >= 0.3 is 0 Å². The number of rotatable bonds is 5. The predicted molar refractivity (Wildman–Crippen MR) is 81.0 cm³/mol. The molecule has 2 rings (SSSR count). The zero-order valence-corrected chi connectivity index (χ0v) is 13.0. The molecular formula is C13H19N5O2S. The van der Waals surface area contributed by atoms with Crippen molar-refractivity contribution >= 4 is 15.7 Å². The summed E-state index contributed by atoms with van der Waals surface area (Å²) in [5.41, 5.74) is 5.26. The molecule has 1 heterocycles. The molecule has 0 fully saturated rings. The van der Waals surface area contributed by atoms with Gasteiger partial charge in [-0.15, -0.1) is 0 Å². The van der Waals surface area contributed by atoms with E-state index < -0.39 is 10.0 Å². The maximum Gasteiger partial charge on any atom is 0.241 e. The van der Waals surface area contributed by atoms with Crippen molar-refractivity contribution in [1.29, 1.82) is 0 Å². The van der Waals surface area contributed by atoms with Crippen molar-refractivity contribution in [3.8, 4) is 0 Å². The van der Waals surface area contributed by atoms with Crippen molar-refractivity contribution in [2.75, 3.05) is 5.43 Å². The summed E-state index contributed by atoms with van der Waals surface area (Å²) in [7, 11) is -1.83. The maximum absolute atomic E-state index is 12.5. The van der Waals surface area contributed by atoms with Crippen LogP contribution in [-0.4, -0.2) is 18.2 Å². The van der Waals surface area contributed by atoms with Crippen molar-refractivity contribution in [2.24, 2.45) is 12.9 Å². The van der Waals surface area contributed by atoms with Gasteiger partial charge < -0.3 is 5.43 Å². The van der Waals surface area contributed by atoms with E-state index in [9.17, 15) is 8.42 Å². The van der Waals surface area contributed by atoms with Crippen LogP contribution in [0, 0.1) is 13.8 Å². The highest BCUT2D eigenvalue weighted by molar-refractivity contribution is 7.89. The van der Waals surface area contributed by atoms with Crippen molar-refractivity contribution in [1.82, 2.24) is 14.5 Å². The van der Waals surface area contributed by atoms with Crippen LogP contribution in [0.1, 0.15) is 16.8 Å². The molecule has 1 aromatic carbocycles. The lowest BCUT2D eigenvalue weighted by Gasteiger charge is -2.14. The second kappa shape index (κ2) is 5.84. The summed E-state index contributed by atoms with van der Waals surface area (Å²) in [5.74, 6) is 5.36. The Morgan fingerprint density at radius 2 is 1.90 bits per heavy atom. The van der Waals surface area contributed by atoms with Gasteiger partial charge in [0, 0.05) is 18.9 Å². The summed E-state index contributed by atoms with van der Waals surface area (Å²) in [6, 6.07) is 5.17. The van der Waals surface area contributed by atoms with Crippen molar-refractivity contribution in [2.45, 2.75) is 25.3 Å². The molecule has 0 saturated heterocycles. The Hall–Kier alpha value is -1.90. The second-order valence-electron chi connectivity index (χ2n) is 4.85. The van der Waals surface area contributed by atoms with Crippen LogP contribution < -0.4 is 16.0 Å². The van der Waals surface area contributed by atoms with Gasteiger partial charge in [-0.3, -0.25) is 10.5 Å². The number of hydrogen-bond acceptors (Lipinski definition) is 5. The van der Waals surface area contributed by atoms with Crippen LogP contribution in [0.2, 0.25) is 0 Å². The Kier molecular flexibility index (Phi) is 4.31. The minimum atomic E-state index is -3.60. The molecular weight excluding hydrogens is 290 g/mol. The number of nitrogen functional groups attached to an aromatic ring is 1. The van der Waals surface area contributed by atoms with E-state index in [1.54, 1.807) is 50.0 Å². The lowest BCUT2D eigenvalue weighted by atomic mass is 10.1. The Morgan fingerprint density at radius 3 is 2.38 bits per heavy atom. The zero-order chi connectivity index (χ0) is 15.6. The smallest absolute Gasteiger partial charge is 0.241 e. The monoisotopic (exact) mass is 309 g/mol. The third-order valence-electron chi connectivity index (χ3n) is 3.26. The molecule has 0 aliphatic carbocycles. The molecule has 1 aromatic heterocycles. The van der Waals surface area contributed by atoms with E-state index in [0.29, 0.717) is 16.8 Å². The average molecular weight is 309 g/mol. The molecule has 0 bridgehead atoms. The first-order valence-electron chi connectivity index (χ1n) is 6.39. The Bertz CT molecular complexity index is 729. The first-order chi connectivity index (χ1) is 9.85. The Balaban J connectivity index is 2.30. The van der Waals surface area contributed by atoms with E-state index in [2.05, 4.69) is 15.2 Å². The molecule has 0 spiro atoms. The first kappa shape index (κ1) is 15.5. The van der Waals surface area contributed by atoms with Crippen molar-refractivity contribution < 1.29 is 8.42 Å². The number of hydrogen-bond donors (Lipinski definition) is 3.